The number of ether oxygens (including phenoxy) is 1. The number of aromatic nitrogens is 2. The second kappa shape index (κ2) is 7.41. The number of nitrogens with one attached hydrogen (secondary N) is 1. The lowest BCUT2D eigenvalue weighted by Gasteiger charge is -2.07. The van der Waals surface area contributed by atoms with Crippen LogP contribution in [-0.4, -0.2) is 24.6 Å². The van der Waals surface area contributed by atoms with Crippen LogP contribution in [0.15, 0.2) is 71.6 Å². The summed E-state index contributed by atoms with van der Waals surface area (Å²) in [6.45, 7) is 0.246. The van der Waals surface area contributed by atoms with Crippen LogP contribution < -0.4 is 4.74 Å². The number of nitriles is 1. The van der Waals surface area contributed by atoms with Crippen molar-refractivity contribution in [1.29, 1.82) is 5.26 Å². The smallest absolute Gasteiger partial charge is 0.176 e. The van der Waals surface area contributed by atoms with Crippen molar-refractivity contribution in [1.82, 2.24) is 9.97 Å². The highest BCUT2D eigenvalue weighted by molar-refractivity contribution is 7.90. The summed E-state index contributed by atoms with van der Waals surface area (Å²) in [5.74, 6) is 1.30. The Bertz CT molecular complexity index is 1330. The molecule has 1 aromatic heterocycles. The molecule has 4 rings (SSSR count). The van der Waals surface area contributed by atoms with Gasteiger partial charge in [-0.1, -0.05) is 24.3 Å². The maximum atomic E-state index is 12.1. The first-order valence-corrected chi connectivity index (χ1v) is 10.7. The Morgan fingerprint density at radius 3 is 2.55 bits per heavy atom. The first-order valence-electron chi connectivity index (χ1n) is 8.85. The molecule has 0 atom stereocenters. The topological polar surface area (TPSA) is 95.8 Å². The van der Waals surface area contributed by atoms with E-state index in [2.05, 4.69) is 16.0 Å². The lowest BCUT2D eigenvalue weighted by molar-refractivity contribution is 0.297. The van der Waals surface area contributed by atoms with E-state index in [4.69, 9.17) is 10.00 Å². The zero-order valence-corrected chi connectivity index (χ0v) is 16.4. The van der Waals surface area contributed by atoms with Gasteiger partial charge in [0.05, 0.1) is 27.6 Å². The van der Waals surface area contributed by atoms with Crippen molar-refractivity contribution in [2.24, 2.45) is 0 Å². The number of hydrogen-bond donors (Lipinski definition) is 1. The molecule has 6 nitrogen and oxygen atoms in total. The Balaban J connectivity index is 1.61. The standard InChI is InChI=1S/C22H17N3O3S/c1-29(26,27)21-5-3-2-4-18(21)16-8-11-19-20(12-16)25-22(24-19)14-28-17-9-6-15(13-23)7-10-17/h2-12H,14H2,1H3,(H,24,25). The van der Waals surface area contributed by atoms with Crippen molar-refractivity contribution in [3.8, 4) is 22.9 Å². The van der Waals surface area contributed by atoms with Gasteiger partial charge in [0.15, 0.2) is 9.84 Å². The minimum absolute atomic E-state index is 0.246. The largest absolute Gasteiger partial charge is 0.486 e. The van der Waals surface area contributed by atoms with Gasteiger partial charge in [0.2, 0.25) is 0 Å². The number of benzene rings is 3. The minimum atomic E-state index is -3.34. The van der Waals surface area contributed by atoms with Gasteiger partial charge < -0.3 is 9.72 Å². The van der Waals surface area contributed by atoms with Crippen LogP contribution in [0, 0.1) is 11.3 Å². The predicted molar refractivity (Wildman–Crippen MR) is 110 cm³/mol. The van der Waals surface area contributed by atoms with Gasteiger partial charge in [0, 0.05) is 11.8 Å². The highest BCUT2D eigenvalue weighted by atomic mass is 32.2. The fraction of sp³-hybridized carbons (Fsp3) is 0.0909. The molecule has 3 aromatic carbocycles. The molecular weight excluding hydrogens is 386 g/mol. The van der Waals surface area contributed by atoms with Gasteiger partial charge in [0.1, 0.15) is 18.2 Å². The molecule has 1 N–H and O–H groups in total. The summed E-state index contributed by atoms with van der Waals surface area (Å²) in [7, 11) is -3.34. The third-order valence-electron chi connectivity index (χ3n) is 4.49. The van der Waals surface area contributed by atoms with Crippen molar-refractivity contribution < 1.29 is 13.2 Å². The molecule has 0 radical (unpaired) electrons. The van der Waals surface area contributed by atoms with Gasteiger partial charge in [-0.25, -0.2) is 13.4 Å². The van der Waals surface area contributed by atoms with Crippen molar-refractivity contribution in [3.05, 3.63) is 78.1 Å². The molecule has 4 aromatic rings. The van der Waals surface area contributed by atoms with Crippen molar-refractivity contribution in [2.75, 3.05) is 6.26 Å². The van der Waals surface area contributed by atoms with Gasteiger partial charge in [-0.2, -0.15) is 5.26 Å². The van der Waals surface area contributed by atoms with E-state index in [0.29, 0.717) is 27.6 Å². The summed E-state index contributed by atoms with van der Waals surface area (Å²) in [5.41, 5.74) is 3.57. The SMILES string of the molecule is CS(=O)(=O)c1ccccc1-c1ccc2[nH]c(COc3ccc(C#N)cc3)nc2c1. The molecule has 0 saturated heterocycles. The Morgan fingerprint density at radius 2 is 1.83 bits per heavy atom. The molecule has 0 spiro atoms. The number of aromatic amines is 1. The second-order valence-corrected chi connectivity index (χ2v) is 8.59. The monoisotopic (exact) mass is 403 g/mol. The molecule has 0 fully saturated rings. The molecule has 0 unspecified atom stereocenters. The zero-order valence-electron chi connectivity index (χ0n) is 15.6. The zero-order chi connectivity index (χ0) is 20.4. The fourth-order valence-corrected chi connectivity index (χ4v) is 4.01. The first kappa shape index (κ1) is 18.7. The highest BCUT2D eigenvalue weighted by Crippen LogP contribution is 2.29. The van der Waals surface area contributed by atoms with E-state index < -0.39 is 9.84 Å². The van der Waals surface area contributed by atoms with Crippen LogP contribution in [0.25, 0.3) is 22.2 Å². The number of imidazole rings is 1. The third-order valence-corrected chi connectivity index (χ3v) is 5.64. The summed E-state index contributed by atoms with van der Waals surface area (Å²) in [4.78, 5) is 8.05. The van der Waals surface area contributed by atoms with Crippen LogP contribution in [0.3, 0.4) is 0 Å². The van der Waals surface area contributed by atoms with Crippen LogP contribution in [0.4, 0.5) is 0 Å². The first-order chi connectivity index (χ1) is 13.9. The van der Waals surface area contributed by atoms with Gasteiger partial charge in [-0.05, 0) is 48.0 Å². The summed E-state index contributed by atoms with van der Waals surface area (Å²) in [5, 5.41) is 8.84. The molecule has 29 heavy (non-hydrogen) atoms. The van der Waals surface area contributed by atoms with E-state index in [1.807, 2.05) is 24.3 Å². The lowest BCUT2D eigenvalue weighted by atomic mass is 10.1. The van der Waals surface area contributed by atoms with E-state index >= 15 is 0 Å². The van der Waals surface area contributed by atoms with Gasteiger partial charge >= 0.3 is 0 Å². The Kier molecular flexibility index (Phi) is 4.79. The van der Waals surface area contributed by atoms with Gasteiger partial charge in [0.25, 0.3) is 0 Å². The molecule has 0 amide bonds. The maximum Gasteiger partial charge on any atom is 0.176 e. The van der Waals surface area contributed by atoms with Crippen LogP contribution >= 0.6 is 0 Å². The number of rotatable bonds is 5. The Morgan fingerprint density at radius 1 is 1.07 bits per heavy atom. The van der Waals surface area contributed by atoms with E-state index in [0.717, 1.165) is 16.6 Å². The molecule has 0 aliphatic heterocycles. The summed E-state index contributed by atoms with van der Waals surface area (Å²) >= 11 is 0. The minimum Gasteiger partial charge on any atom is -0.486 e. The van der Waals surface area contributed by atoms with Gasteiger partial charge in [-0.15, -0.1) is 0 Å². The Labute approximate surface area is 168 Å². The van der Waals surface area contributed by atoms with E-state index in [1.54, 1.807) is 42.5 Å². The molecule has 0 bridgehead atoms. The number of hydrogen-bond acceptors (Lipinski definition) is 5. The normalized spacial score (nSPS) is 11.3. The van der Waals surface area contributed by atoms with Crippen molar-refractivity contribution >= 4 is 20.9 Å². The molecule has 1 heterocycles. The molecule has 0 aliphatic carbocycles. The number of sulfone groups is 1. The fourth-order valence-electron chi connectivity index (χ4n) is 3.10. The summed E-state index contributed by atoms with van der Waals surface area (Å²) in [6.07, 6.45) is 1.21. The van der Waals surface area contributed by atoms with Crippen LogP contribution in [0.1, 0.15) is 11.4 Å². The molecule has 0 aliphatic rings. The summed E-state index contributed by atoms with van der Waals surface area (Å²) < 4.78 is 29.9. The quantitative estimate of drug-likeness (QED) is 0.542. The highest BCUT2D eigenvalue weighted by Gasteiger charge is 2.15. The van der Waals surface area contributed by atoms with Crippen molar-refractivity contribution in [2.45, 2.75) is 11.5 Å². The second-order valence-electron chi connectivity index (χ2n) is 6.61. The molecule has 7 heteroatoms. The van der Waals surface area contributed by atoms with E-state index in [-0.39, 0.29) is 6.61 Å². The third kappa shape index (κ3) is 3.98. The number of fused-ring (bicyclic) bond motifs is 1. The molecule has 0 saturated carbocycles. The lowest BCUT2D eigenvalue weighted by Crippen LogP contribution is -1.99. The van der Waals surface area contributed by atoms with E-state index in [9.17, 15) is 8.42 Å². The summed E-state index contributed by atoms with van der Waals surface area (Å²) in [6, 6.07) is 21.5. The van der Waals surface area contributed by atoms with Crippen LogP contribution in [0.5, 0.6) is 5.75 Å². The van der Waals surface area contributed by atoms with E-state index in [1.165, 1.54) is 6.26 Å². The predicted octanol–water partition coefficient (Wildman–Crippen LogP) is 4.08. The maximum absolute atomic E-state index is 12.1. The van der Waals surface area contributed by atoms with Crippen LogP contribution in [0.2, 0.25) is 0 Å². The molecule has 144 valence electrons. The average Bonchev–Trinajstić information content (AvgIpc) is 3.14. The number of nitrogens with zero attached hydrogens (tertiary/aromatic N) is 2. The molecular formula is C22H17N3O3S. The Hall–Kier alpha value is -3.63. The number of H-pyrrole nitrogens is 1. The van der Waals surface area contributed by atoms with Crippen LogP contribution in [-0.2, 0) is 16.4 Å². The average molecular weight is 403 g/mol. The van der Waals surface area contributed by atoms with Crippen molar-refractivity contribution in [3.63, 3.8) is 0 Å². The van der Waals surface area contributed by atoms with Gasteiger partial charge in [-0.3, -0.25) is 0 Å².